The molecule has 0 spiro atoms. The maximum atomic E-state index is 13.9. The SMILES string of the molecule is CCCCN1C(=O)C(=c2sc3n(c2=O)[C@@H](c2cccs2)C(C(=O)OC)=C(C)N=3)c2ccccc21. The van der Waals surface area contributed by atoms with Crippen molar-refractivity contribution in [3.05, 3.63) is 83.2 Å². The number of hydrogen-bond acceptors (Lipinski definition) is 7. The molecule has 4 heterocycles. The van der Waals surface area contributed by atoms with Crippen molar-refractivity contribution in [2.45, 2.75) is 32.7 Å². The van der Waals surface area contributed by atoms with Gasteiger partial charge in [-0.05, 0) is 30.9 Å². The van der Waals surface area contributed by atoms with Gasteiger partial charge in [0.1, 0.15) is 10.6 Å². The number of allylic oxidation sites excluding steroid dienone is 1. The van der Waals surface area contributed by atoms with Gasteiger partial charge in [0.15, 0.2) is 4.80 Å². The molecule has 1 atom stereocenters. The van der Waals surface area contributed by atoms with E-state index in [2.05, 4.69) is 11.9 Å². The average Bonchev–Trinajstić information content (AvgIpc) is 3.54. The first-order chi connectivity index (χ1) is 16.5. The smallest absolute Gasteiger partial charge is 0.338 e. The van der Waals surface area contributed by atoms with Crippen molar-refractivity contribution in [2.24, 2.45) is 4.99 Å². The van der Waals surface area contributed by atoms with Gasteiger partial charge in [0.05, 0.1) is 29.6 Å². The van der Waals surface area contributed by atoms with E-state index in [4.69, 9.17) is 4.74 Å². The van der Waals surface area contributed by atoms with E-state index in [-0.39, 0.29) is 11.5 Å². The van der Waals surface area contributed by atoms with Crippen molar-refractivity contribution < 1.29 is 14.3 Å². The highest BCUT2D eigenvalue weighted by atomic mass is 32.1. The number of amides is 1. The quantitative estimate of drug-likeness (QED) is 0.512. The summed E-state index contributed by atoms with van der Waals surface area (Å²) >= 11 is 2.65. The maximum absolute atomic E-state index is 13.9. The fourth-order valence-corrected chi connectivity index (χ4v) is 6.46. The van der Waals surface area contributed by atoms with Gasteiger partial charge in [-0.3, -0.25) is 14.2 Å². The van der Waals surface area contributed by atoms with Crippen LogP contribution in [-0.2, 0) is 14.3 Å². The number of thiophene rings is 1. The number of aromatic nitrogens is 1. The summed E-state index contributed by atoms with van der Waals surface area (Å²) in [6.45, 7) is 4.42. The topological polar surface area (TPSA) is 81.0 Å². The molecule has 2 aliphatic rings. The van der Waals surface area contributed by atoms with Crippen LogP contribution >= 0.6 is 22.7 Å². The minimum absolute atomic E-state index is 0.170. The summed E-state index contributed by atoms with van der Waals surface area (Å²) in [6, 6.07) is 10.7. The van der Waals surface area contributed by atoms with E-state index in [1.807, 2.05) is 41.8 Å². The fourth-order valence-electron chi connectivity index (χ4n) is 4.50. The summed E-state index contributed by atoms with van der Waals surface area (Å²) in [6.07, 6.45) is 1.83. The Hall–Kier alpha value is -3.30. The molecule has 0 unspecified atom stereocenters. The van der Waals surface area contributed by atoms with Crippen LogP contribution in [0.1, 0.15) is 43.2 Å². The average molecular weight is 494 g/mol. The molecule has 3 aromatic rings. The number of carbonyl (C=O) groups is 2. The molecule has 0 fully saturated rings. The number of ether oxygens (including phenoxy) is 1. The molecular weight excluding hydrogens is 470 g/mol. The monoisotopic (exact) mass is 493 g/mol. The van der Waals surface area contributed by atoms with Crippen LogP contribution in [0.2, 0.25) is 0 Å². The number of anilines is 1. The highest BCUT2D eigenvalue weighted by Gasteiger charge is 2.37. The Morgan fingerprint density at radius 1 is 1.18 bits per heavy atom. The number of nitrogens with zero attached hydrogens (tertiary/aromatic N) is 3. The standard InChI is InChI=1S/C25H23N3O4S2/c1-4-5-12-27-16-10-7-6-9-15(16)19(22(27)29)21-23(30)28-20(17-11-8-13-33-17)18(24(31)32-3)14(2)26-25(28)34-21/h6-11,13,20H,4-5,12H2,1-3H3/t20-/m0/s1. The molecule has 0 bridgehead atoms. The van der Waals surface area contributed by atoms with E-state index < -0.39 is 12.0 Å². The van der Waals surface area contributed by atoms with Crippen LogP contribution < -0.4 is 19.8 Å². The van der Waals surface area contributed by atoms with E-state index in [1.165, 1.54) is 34.4 Å². The van der Waals surface area contributed by atoms with Gasteiger partial charge in [0.25, 0.3) is 11.5 Å². The minimum Gasteiger partial charge on any atom is -0.466 e. The van der Waals surface area contributed by atoms with Crippen molar-refractivity contribution in [1.29, 1.82) is 0 Å². The van der Waals surface area contributed by atoms with Crippen LogP contribution in [0, 0.1) is 0 Å². The Kier molecular flexibility index (Phi) is 5.83. The normalized spacial score (nSPS) is 18.6. The number of para-hydroxylation sites is 1. The van der Waals surface area contributed by atoms with Crippen molar-refractivity contribution in [3.8, 4) is 0 Å². The van der Waals surface area contributed by atoms with Gasteiger partial charge in [0.2, 0.25) is 0 Å². The Labute approximate surface area is 203 Å². The molecular formula is C25H23N3O4S2. The zero-order valence-corrected chi connectivity index (χ0v) is 20.7. The zero-order valence-electron chi connectivity index (χ0n) is 19.0. The fraction of sp³-hybridized carbons (Fsp3) is 0.280. The number of methoxy groups -OCH3 is 1. The summed E-state index contributed by atoms with van der Waals surface area (Å²) in [5.74, 6) is -0.692. The van der Waals surface area contributed by atoms with E-state index >= 15 is 0 Å². The first-order valence-corrected chi connectivity index (χ1v) is 12.8. The summed E-state index contributed by atoms with van der Waals surface area (Å²) < 4.78 is 6.91. The zero-order chi connectivity index (χ0) is 24.0. The second kappa shape index (κ2) is 8.81. The number of benzene rings is 1. The third-order valence-electron chi connectivity index (χ3n) is 6.10. The van der Waals surface area contributed by atoms with Crippen LogP contribution in [0.3, 0.4) is 0 Å². The lowest BCUT2D eigenvalue weighted by Gasteiger charge is -2.22. The van der Waals surface area contributed by atoms with Gasteiger partial charge in [-0.1, -0.05) is 48.9 Å². The number of esters is 1. The number of thiazole rings is 1. The largest absolute Gasteiger partial charge is 0.466 e. The Morgan fingerprint density at radius 2 is 1.97 bits per heavy atom. The van der Waals surface area contributed by atoms with Crippen molar-refractivity contribution >= 4 is 45.8 Å². The number of carbonyl (C=O) groups excluding carboxylic acids is 2. The highest BCUT2D eigenvalue weighted by Crippen LogP contribution is 2.36. The van der Waals surface area contributed by atoms with Crippen LogP contribution in [0.4, 0.5) is 5.69 Å². The van der Waals surface area contributed by atoms with Crippen molar-refractivity contribution in [1.82, 2.24) is 4.57 Å². The molecule has 0 N–H and O–H groups in total. The molecule has 9 heteroatoms. The van der Waals surface area contributed by atoms with Gasteiger partial charge in [0, 0.05) is 17.0 Å². The van der Waals surface area contributed by atoms with Crippen LogP contribution in [0.25, 0.3) is 5.57 Å². The maximum Gasteiger partial charge on any atom is 0.338 e. The molecule has 0 saturated heterocycles. The number of fused-ring (bicyclic) bond motifs is 2. The van der Waals surface area contributed by atoms with Gasteiger partial charge < -0.3 is 9.64 Å². The lowest BCUT2D eigenvalue weighted by atomic mass is 10.0. The molecule has 0 aliphatic carbocycles. The summed E-state index contributed by atoms with van der Waals surface area (Å²) in [5, 5.41) is 1.90. The molecule has 1 amide bonds. The number of unbranched alkanes of at least 4 members (excludes halogenated alkanes) is 1. The predicted octanol–water partition coefficient (Wildman–Crippen LogP) is 2.99. The molecule has 0 radical (unpaired) electrons. The van der Waals surface area contributed by atoms with E-state index in [0.29, 0.717) is 32.7 Å². The molecule has 0 saturated carbocycles. The third kappa shape index (κ3) is 3.38. The Balaban J connectivity index is 1.79. The molecule has 2 aromatic heterocycles. The molecule has 174 valence electrons. The van der Waals surface area contributed by atoms with E-state index in [1.54, 1.807) is 11.8 Å². The lowest BCUT2D eigenvalue weighted by molar-refractivity contribution is -0.136. The minimum atomic E-state index is -0.652. The van der Waals surface area contributed by atoms with Crippen LogP contribution in [0.15, 0.2) is 62.8 Å². The Morgan fingerprint density at radius 3 is 2.68 bits per heavy atom. The number of hydrogen-bond donors (Lipinski definition) is 0. The lowest BCUT2D eigenvalue weighted by Crippen LogP contribution is -2.40. The summed E-state index contributed by atoms with van der Waals surface area (Å²) in [7, 11) is 1.32. The molecule has 2 aliphatic heterocycles. The second-order valence-electron chi connectivity index (χ2n) is 8.11. The van der Waals surface area contributed by atoms with Crippen molar-refractivity contribution in [2.75, 3.05) is 18.6 Å². The first-order valence-electron chi connectivity index (χ1n) is 11.1. The molecule has 5 rings (SSSR count). The van der Waals surface area contributed by atoms with Gasteiger partial charge >= 0.3 is 5.97 Å². The number of rotatable bonds is 5. The van der Waals surface area contributed by atoms with E-state index in [0.717, 1.165) is 29.0 Å². The third-order valence-corrected chi connectivity index (χ3v) is 8.08. The van der Waals surface area contributed by atoms with Crippen LogP contribution in [0.5, 0.6) is 0 Å². The Bertz CT molecular complexity index is 1510. The highest BCUT2D eigenvalue weighted by molar-refractivity contribution is 7.10. The van der Waals surface area contributed by atoms with Gasteiger partial charge in [-0.15, -0.1) is 11.3 Å². The first kappa shape index (κ1) is 22.5. The van der Waals surface area contributed by atoms with Gasteiger partial charge in [-0.2, -0.15) is 0 Å². The van der Waals surface area contributed by atoms with Crippen molar-refractivity contribution in [3.63, 3.8) is 0 Å². The molecule has 1 aromatic carbocycles. The van der Waals surface area contributed by atoms with Crippen LogP contribution in [-0.4, -0.2) is 30.1 Å². The van der Waals surface area contributed by atoms with Gasteiger partial charge in [-0.25, -0.2) is 9.79 Å². The summed E-state index contributed by atoms with van der Waals surface area (Å²) in [5.41, 5.74) is 2.49. The second-order valence-corrected chi connectivity index (χ2v) is 10.1. The van der Waals surface area contributed by atoms with E-state index in [9.17, 15) is 14.4 Å². The molecule has 34 heavy (non-hydrogen) atoms. The summed E-state index contributed by atoms with van der Waals surface area (Å²) in [4.78, 5) is 47.8. The molecule has 7 nitrogen and oxygen atoms in total. The predicted molar refractivity (Wildman–Crippen MR) is 133 cm³/mol.